The first-order valence-corrected chi connectivity index (χ1v) is 5.63. The highest BCUT2D eigenvalue weighted by Gasteiger charge is 2.02. The van der Waals surface area contributed by atoms with Crippen LogP contribution in [0.2, 0.25) is 0 Å². The third-order valence-electron chi connectivity index (χ3n) is 2.01. The second-order valence-electron chi connectivity index (χ2n) is 4.07. The largest absolute Gasteiger partial charge is 0.389 e. The summed E-state index contributed by atoms with van der Waals surface area (Å²) >= 11 is 0. The molecule has 0 saturated heterocycles. The Morgan fingerprint density at radius 2 is 2.07 bits per heavy atom. The van der Waals surface area contributed by atoms with Gasteiger partial charge in [-0.05, 0) is 25.3 Å². The number of rotatable bonds is 9. The number of likely N-dealkylation sites (N-methyl/N-ethyl adjacent to an activating group) is 1. The summed E-state index contributed by atoms with van der Waals surface area (Å²) < 4.78 is 5.35. The Balaban J connectivity index is 3.10. The molecule has 0 aliphatic heterocycles. The minimum atomic E-state index is -0.367. The van der Waals surface area contributed by atoms with Crippen molar-refractivity contribution in [1.29, 1.82) is 0 Å². The molecule has 2 N–H and O–H groups in total. The fourth-order valence-electron chi connectivity index (χ4n) is 1.18. The lowest BCUT2D eigenvalue weighted by atomic mass is 10.1. The second-order valence-corrected chi connectivity index (χ2v) is 4.07. The van der Waals surface area contributed by atoms with Gasteiger partial charge in [0.2, 0.25) is 0 Å². The van der Waals surface area contributed by atoms with Crippen molar-refractivity contribution in [3.63, 3.8) is 0 Å². The van der Waals surface area contributed by atoms with E-state index in [0.29, 0.717) is 13.2 Å². The van der Waals surface area contributed by atoms with E-state index in [0.717, 1.165) is 25.5 Å². The maximum absolute atomic E-state index is 9.40. The van der Waals surface area contributed by atoms with Crippen molar-refractivity contribution in [2.75, 3.05) is 26.3 Å². The van der Waals surface area contributed by atoms with Crippen molar-refractivity contribution < 1.29 is 9.84 Å². The third-order valence-corrected chi connectivity index (χ3v) is 2.01. The van der Waals surface area contributed by atoms with Gasteiger partial charge in [0.25, 0.3) is 0 Å². The van der Waals surface area contributed by atoms with Crippen LogP contribution in [0.3, 0.4) is 0 Å². The van der Waals surface area contributed by atoms with E-state index in [9.17, 15) is 5.11 Å². The van der Waals surface area contributed by atoms with Crippen LogP contribution < -0.4 is 5.32 Å². The molecule has 1 atom stereocenters. The summed E-state index contributed by atoms with van der Waals surface area (Å²) in [6.07, 6.45) is 1.92. The van der Waals surface area contributed by atoms with E-state index in [-0.39, 0.29) is 6.10 Å². The van der Waals surface area contributed by atoms with Crippen LogP contribution in [0.1, 0.15) is 33.6 Å². The molecule has 0 aromatic carbocycles. The van der Waals surface area contributed by atoms with Crippen molar-refractivity contribution in [3.8, 4) is 0 Å². The maximum atomic E-state index is 9.40. The fourth-order valence-corrected chi connectivity index (χ4v) is 1.18. The molecule has 0 aromatic rings. The number of aliphatic hydroxyl groups excluding tert-OH is 1. The lowest BCUT2D eigenvalue weighted by molar-refractivity contribution is 0.0350. The van der Waals surface area contributed by atoms with E-state index in [1.165, 1.54) is 6.42 Å². The van der Waals surface area contributed by atoms with Crippen molar-refractivity contribution in [3.05, 3.63) is 0 Å². The van der Waals surface area contributed by atoms with Gasteiger partial charge in [-0.3, -0.25) is 0 Å². The van der Waals surface area contributed by atoms with Gasteiger partial charge in [0.15, 0.2) is 0 Å². The highest BCUT2D eigenvalue weighted by Crippen LogP contribution is 2.03. The molecule has 3 heteroatoms. The summed E-state index contributed by atoms with van der Waals surface area (Å²) in [4.78, 5) is 0. The standard InChI is InChI=1S/C11H25NO2/c1-4-12-8-11(13)9-14-7-5-6-10(2)3/h10-13H,4-9H2,1-3H3. The Morgan fingerprint density at radius 3 is 2.64 bits per heavy atom. The number of hydrogen-bond acceptors (Lipinski definition) is 3. The summed E-state index contributed by atoms with van der Waals surface area (Å²) in [5, 5.41) is 12.5. The Bertz CT molecular complexity index is 118. The monoisotopic (exact) mass is 203 g/mol. The van der Waals surface area contributed by atoms with Crippen LogP contribution in [0, 0.1) is 5.92 Å². The molecule has 0 bridgehead atoms. The second kappa shape index (κ2) is 9.44. The van der Waals surface area contributed by atoms with Crippen molar-refractivity contribution in [2.24, 2.45) is 5.92 Å². The average Bonchev–Trinajstić information content (AvgIpc) is 2.13. The van der Waals surface area contributed by atoms with Gasteiger partial charge in [0.05, 0.1) is 12.7 Å². The minimum absolute atomic E-state index is 0.367. The highest BCUT2D eigenvalue weighted by molar-refractivity contribution is 4.56. The van der Waals surface area contributed by atoms with E-state index in [2.05, 4.69) is 19.2 Å². The summed E-state index contributed by atoms with van der Waals surface area (Å²) in [6, 6.07) is 0. The normalized spacial score (nSPS) is 13.5. The molecule has 0 aromatic heterocycles. The molecule has 14 heavy (non-hydrogen) atoms. The molecule has 0 aliphatic carbocycles. The summed E-state index contributed by atoms with van der Waals surface area (Å²) in [5.41, 5.74) is 0. The SMILES string of the molecule is CCNCC(O)COCCCC(C)C. The van der Waals surface area contributed by atoms with Gasteiger partial charge in [0.1, 0.15) is 0 Å². The first-order chi connectivity index (χ1) is 6.66. The van der Waals surface area contributed by atoms with Crippen LogP contribution in [0.5, 0.6) is 0 Å². The molecular weight excluding hydrogens is 178 g/mol. The first kappa shape index (κ1) is 13.9. The van der Waals surface area contributed by atoms with Crippen molar-refractivity contribution in [2.45, 2.75) is 39.7 Å². The molecule has 0 fully saturated rings. The van der Waals surface area contributed by atoms with E-state index in [4.69, 9.17) is 4.74 Å². The predicted molar refractivity (Wildman–Crippen MR) is 59.4 cm³/mol. The summed E-state index contributed by atoms with van der Waals surface area (Å²) in [5.74, 6) is 0.741. The highest BCUT2D eigenvalue weighted by atomic mass is 16.5. The zero-order valence-corrected chi connectivity index (χ0v) is 9.75. The van der Waals surface area contributed by atoms with E-state index < -0.39 is 0 Å². The molecule has 0 radical (unpaired) electrons. The number of hydrogen-bond donors (Lipinski definition) is 2. The Labute approximate surface area is 87.8 Å². The maximum Gasteiger partial charge on any atom is 0.0897 e. The third kappa shape index (κ3) is 9.96. The fraction of sp³-hybridized carbons (Fsp3) is 1.00. The molecule has 0 amide bonds. The predicted octanol–water partition coefficient (Wildman–Crippen LogP) is 1.41. The molecule has 3 nitrogen and oxygen atoms in total. The molecule has 0 spiro atoms. The van der Waals surface area contributed by atoms with Gasteiger partial charge in [-0.2, -0.15) is 0 Å². The quantitative estimate of drug-likeness (QED) is 0.557. The number of nitrogens with one attached hydrogen (secondary N) is 1. The summed E-state index contributed by atoms with van der Waals surface area (Å²) in [7, 11) is 0. The van der Waals surface area contributed by atoms with Gasteiger partial charge >= 0.3 is 0 Å². The van der Waals surface area contributed by atoms with Gasteiger partial charge in [-0.25, -0.2) is 0 Å². The molecule has 86 valence electrons. The lowest BCUT2D eigenvalue weighted by Crippen LogP contribution is -2.30. The van der Waals surface area contributed by atoms with Crippen LogP contribution in [0.15, 0.2) is 0 Å². The molecule has 0 saturated carbocycles. The van der Waals surface area contributed by atoms with E-state index in [1.54, 1.807) is 0 Å². The average molecular weight is 203 g/mol. The van der Waals surface area contributed by atoms with Crippen LogP contribution >= 0.6 is 0 Å². The molecule has 0 heterocycles. The van der Waals surface area contributed by atoms with Gasteiger partial charge in [-0.1, -0.05) is 20.8 Å². The van der Waals surface area contributed by atoms with E-state index in [1.807, 2.05) is 6.92 Å². The van der Waals surface area contributed by atoms with Gasteiger partial charge < -0.3 is 15.2 Å². The van der Waals surface area contributed by atoms with Gasteiger partial charge in [0, 0.05) is 13.2 Å². The summed E-state index contributed by atoms with van der Waals surface area (Å²) in [6.45, 7) is 9.17. The number of ether oxygens (including phenoxy) is 1. The zero-order valence-electron chi connectivity index (χ0n) is 9.75. The minimum Gasteiger partial charge on any atom is -0.389 e. The van der Waals surface area contributed by atoms with Crippen molar-refractivity contribution in [1.82, 2.24) is 5.32 Å². The Morgan fingerprint density at radius 1 is 1.36 bits per heavy atom. The molecule has 0 rings (SSSR count). The van der Waals surface area contributed by atoms with Crippen LogP contribution in [0.25, 0.3) is 0 Å². The molecule has 0 aliphatic rings. The lowest BCUT2D eigenvalue weighted by Gasteiger charge is -2.11. The van der Waals surface area contributed by atoms with E-state index >= 15 is 0 Å². The van der Waals surface area contributed by atoms with Gasteiger partial charge in [-0.15, -0.1) is 0 Å². The van der Waals surface area contributed by atoms with Crippen molar-refractivity contribution >= 4 is 0 Å². The number of aliphatic hydroxyl groups is 1. The van der Waals surface area contributed by atoms with Crippen LogP contribution in [-0.4, -0.2) is 37.5 Å². The topological polar surface area (TPSA) is 41.5 Å². The first-order valence-electron chi connectivity index (χ1n) is 5.63. The van der Waals surface area contributed by atoms with Crippen LogP contribution in [-0.2, 0) is 4.74 Å². The zero-order chi connectivity index (χ0) is 10.8. The Kier molecular flexibility index (Phi) is 9.35. The Hall–Kier alpha value is -0.120. The smallest absolute Gasteiger partial charge is 0.0897 e. The molecule has 1 unspecified atom stereocenters. The molecular formula is C11H25NO2. The van der Waals surface area contributed by atoms with Crippen LogP contribution in [0.4, 0.5) is 0 Å².